The first-order valence-corrected chi connectivity index (χ1v) is 4.49. The summed E-state index contributed by atoms with van der Waals surface area (Å²) in [5.74, 6) is 0.0833. The number of hydrogen-bond donors (Lipinski definition) is 1. The number of benzene rings is 1. The number of nitrogens with zero attached hydrogens (tertiary/aromatic N) is 1. The van der Waals surface area contributed by atoms with E-state index in [2.05, 4.69) is 10.5 Å². The topological polar surface area (TPSA) is 38.1 Å². The quantitative estimate of drug-likeness (QED) is 0.798. The molecular weight excluding hydrogens is 183 g/mol. The summed E-state index contributed by atoms with van der Waals surface area (Å²) in [5.41, 5.74) is 0.535. The Morgan fingerprint density at radius 1 is 1.43 bits per heavy atom. The van der Waals surface area contributed by atoms with Gasteiger partial charge in [-0.25, -0.2) is 4.39 Å². The molecule has 0 spiro atoms. The van der Waals surface area contributed by atoms with Gasteiger partial charge in [0.25, 0.3) is 0 Å². The molecule has 0 bridgehead atoms. The van der Waals surface area contributed by atoms with Crippen LogP contribution in [0.5, 0.6) is 0 Å². The number of rotatable bonds is 2. The molecular formula is C10H11FN2O. The average Bonchev–Trinajstić information content (AvgIpc) is 2.49. The van der Waals surface area contributed by atoms with E-state index >= 15 is 0 Å². The predicted octanol–water partition coefficient (Wildman–Crippen LogP) is 2.79. The van der Waals surface area contributed by atoms with Crippen LogP contribution in [0.2, 0.25) is 0 Å². The Hall–Kier alpha value is -1.58. The highest BCUT2D eigenvalue weighted by molar-refractivity contribution is 5.88. The van der Waals surface area contributed by atoms with E-state index in [0.717, 1.165) is 0 Å². The van der Waals surface area contributed by atoms with Crippen molar-refractivity contribution in [1.29, 1.82) is 0 Å². The summed E-state index contributed by atoms with van der Waals surface area (Å²) in [6, 6.07) is 4.91. The van der Waals surface area contributed by atoms with E-state index in [0.29, 0.717) is 16.8 Å². The molecule has 0 unspecified atom stereocenters. The van der Waals surface area contributed by atoms with Gasteiger partial charge in [-0.3, -0.25) is 0 Å². The van der Waals surface area contributed by atoms with Crippen LogP contribution < -0.4 is 5.32 Å². The van der Waals surface area contributed by atoms with Crippen molar-refractivity contribution in [3.63, 3.8) is 0 Å². The van der Waals surface area contributed by atoms with Crippen LogP contribution in [0.3, 0.4) is 0 Å². The highest BCUT2D eigenvalue weighted by Crippen LogP contribution is 2.25. The number of fused-ring (bicyclic) bond motifs is 1. The van der Waals surface area contributed by atoms with E-state index in [4.69, 9.17) is 4.52 Å². The lowest BCUT2D eigenvalue weighted by atomic mass is 10.2. The maximum absolute atomic E-state index is 13.4. The highest BCUT2D eigenvalue weighted by Gasteiger charge is 2.12. The van der Waals surface area contributed by atoms with Gasteiger partial charge in [0.15, 0.2) is 0 Å². The molecule has 3 nitrogen and oxygen atoms in total. The van der Waals surface area contributed by atoms with Gasteiger partial charge in [0.05, 0.1) is 0 Å². The van der Waals surface area contributed by atoms with E-state index in [-0.39, 0.29) is 11.9 Å². The van der Waals surface area contributed by atoms with Crippen molar-refractivity contribution in [3.8, 4) is 0 Å². The van der Waals surface area contributed by atoms with Crippen molar-refractivity contribution in [2.75, 3.05) is 5.32 Å². The molecule has 0 fully saturated rings. The van der Waals surface area contributed by atoms with E-state index in [9.17, 15) is 4.39 Å². The first-order chi connectivity index (χ1) is 6.68. The molecule has 1 N–H and O–H groups in total. The van der Waals surface area contributed by atoms with Gasteiger partial charge in [0.1, 0.15) is 16.7 Å². The molecule has 74 valence electrons. The van der Waals surface area contributed by atoms with Gasteiger partial charge in [0.2, 0.25) is 5.88 Å². The molecule has 1 heterocycles. The first kappa shape index (κ1) is 8.99. The third-order valence-electron chi connectivity index (χ3n) is 1.87. The monoisotopic (exact) mass is 194 g/mol. The van der Waals surface area contributed by atoms with Gasteiger partial charge in [-0.15, -0.1) is 0 Å². The number of aromatic nitrogens is 1. The summed E-state index contributed by atoms with van der Waals surface area (Å²) in [6.45, 7) is 3.91. The Morgan fingerprint density at radius 3 is 2.93 bits per heavy atom. The van der Waals surface area contributed by atoms with Crippen LogP contribution in [0.15, 0.2) is 22.7 Å². The van der Waals surface area contributed by atoms with Crippen molar-refractivity contribution >= 4 is 16.8 Å². The zero-order valence-electron chi connectivity index (χ0n) is 8.04. The van der Waals surface area contributed by atoms with Crippen LogP contribution in [-0.2, 0) is 0 Å². The van der Waals surface area contributed by atoms with Gasteiger partial charge >= 0.3 is 0 Å². The second kappa shape index (κ2) is 3.29. The highest BCUT2D eigenvalue weighted by atomic mass is 19.1. The molecule has 0 saturated heterocycles. The van der Waals surface area contributed by atoms with Crippen LogP contribution in [0, 0.1) is 5.82 Å². The second-order valence-electron chi connectivity index (χ2n) is 3.44. The van der Waals surface area contributed by atoms with Crippen LogP contribution in [0.4, 0.5) is 10.3 Å². The summed E-state index contributed by atoms with van der Waals surface area (Å²) in [5, 5.41) is 7.17. The summed E-state index contributed by atoms with van der Waals surface area (Å²) in [4.78, 5) is 0. The Balaban J connectivity index is 2.55. The van der Waals surface area contributed by atoms with Crippen molar-refractivity contribution in [3.05, 3.63) is 24.0 Å². The van der Waals surface area contributed by atoms with E-state index in [1.807, 2.05) is 13.8 Å². The van der Waals surface area contributed by atoms with Crippen LogP contribution in [-0.4, -0.2) is 11.2 Å². The molecule has 0 amide bonds. The minimum atomic E-state index is -0.313. The Morgan fingerprint density at radius 2 is 2.21 bits per heavy atom. The standard InChI is InChI=1S/C10H11FN2O/c1-6(2)12-10-9-7(11)4-3-5-8(9)13-14-10/h3-6,12H,1-2H3. The Kier molecular flexibility index (Phi) is 2.11. The molecule has 0 saturated carbocycles. The summed E-state index contributed by atoms with van der Waals surface area (Å²) in [6.07, 6.45) is 0. The van der Waals surface area contributed by atoms with Gasteiger partial charge < -0.3 is 9.84 Å². The second-order valence-corrected chi connectivity index (χ2v) is 3.44. The van der Waals surface area contributed by atoms with Crippen LogP contribution in [0.1, 0.15) is 13.8 Å². The smallest absolute Gasteiger partial charge is 0.235 e. The van der Waals surface area contributed by atoms with Gasteiger partial charge in [-0.05, 0) is 26.0 Å². The molecule has 4 heteroatoms. The van der Waals surface area contributed by atoms with Gasteiger partial charge in [0, 0.05) is 6.04 Å². The van der Waals surface area contributed by atoms with Crippen molar-refractivity contribution in [1.82, 2.24) is 5.16 Å². The third-order valence-corrected chi connectivity index (χ3v) is 1.87. The van der Waals surface area contributed by atoms with Crippen LogP contribution in [0.25, 0.3) is 10.9 Å². The van der Waals surface area contributed by atoms with Gasteiger partial charge in [-0.2, -0.15) is 0 Å². The van der Waals surface area contributed by atoms with Crippen molar-refractivity contribution in [2.45, 2.75) is 19.9 Å². The predicted molar refractivity (Wildman–Crippen MR) is 52.7 cm³/mol. The number of halogens is 1. The van der Waals surface area contributed by atoms with E-state index in [1.165, 1.54) is 6.07 Å². The lowest BCUT2D eigenvalue weighted by Gasteiger charge is -2.05. The van der Waals surface area contributed by atoms with Crippen molar-refractivity contribution in [2.24, 2.45) is 0 Å². The molecule has 2 aromatic rings. The molecule has 0 aliphatic rings. The normalized spacial score (nSPS) is 11.1. The maximum atomic E-state index is 13.4. The first-order valence-electron chi connectivity index (χ1n) is 4.49. The molecule has 2 rings (SSSR count). The largest absolute Gasteiger partial charge is 0.351 e. The fourth-order valence-corrected chi connectivity index (χ4v) is 1.31. The Labute approximate surface area is 80.9 Å². The van der Waals surface area contributed by atoms with Crippen molar-refractivity contribution < 1.29 is 8.91 Å². The summed E-state index contributed by atoms with van der Waals surface area (Å²) in [7, 11) is 0. The molecule has 14 heavy (non-hydrogen) atoms. The zero-order valence-corrected chi connectivity index (χ0v) is 8.04. The van der Waals surface area contributed by atoms with E-state index < -0.39 is 0 Å². The van der Waals surface area contributed by atoms with Crippen LogP contribution >= 0.6 is 0 Å². The molecule has 0 aliphatic carbocycles. The number of hydrogen-bond acceptors (Lipinski definition) is 3. The fraction of sp³-hybridized carbons (Fsp3) is 0.300. The molecule has 1 aromatic carbocycles. The zero-order chi connectivity index (χ0) is 10.1. The summed E-state index contributed by atoms with van der Waals surface area (Å²) < 4.78 is 18.4. The maximum Gasteiger partial charge on any atom is 0.235 e. The molecule has 1 aromatic heterocycles. The Bertz CT molecular complexity index is 450. The average molecular weight is 194 g/mol. The minimum absolute atomic E-state index is 0.186. The van der Waals surface area contributed by atoms with Gasteiger partial charge in [-0.1, -0.05) is 11.2 Å². The number of anilines is 1. The lowest BCUT2D eigenvalue weighted by Crippen LogP contribution is -2.09. The molecule has 0 atom stereocenters. The number of nitrogens with one attached hydrogen (secondary N) is 1. The fourth-order valence-electron chi connectivity index (χ4n) is 1.31. The molecule has 0 radical (unpaired) electrons. The lowest BCUT2D eigenvalue weighted by molar-refractivity contribution is 0.438. The third kappa shape index (κ3) is 1.43. The summed E-state index contributed by atoms with van der Waals surface area (Å²) >= 11 is 0. The molecule has 0 aliphatic heterocycles. The van der Waals surface area contributed by atoms with E-state index in [1.54, 1.807) is 12.1 Å². The minimum Gasteiger partial charge on any atom is -0.351 e. The SMILES string of the molecule is CC(C)Nc1onc2cccc(F)c12.